The second kappa shape index (κ2) is 9.51. The van der Waals surface area contributed by atoms with Crippen LogP contribution >= 0.6 is 0 Å². The summed E-state index contributed by atoms with van der Waals surface area (Å²) in [5.41, 5.74) is 9.13. The summed E-state index contributed by atoms with van der Waals surface area (Å²) in [6.45, 7) is 4.24. The zero-order valence-corrected chi connectivity index (χ0v) is 16.6. The van der Waals surface area contributed by atoms with Crippen LogP contribution in [0.1, 0.15) is 38.7 Å². The summed E-state index contributed by atoms with van der Waals surface area (Å²) < 4.78 is 0. The van der Waals surface area contributed by atoms with Crippen LogP contribution in [0.3, 0.4) is 0 Å². The highest BCUT2D eigenvalue weighted by molar-refractivity contribution is 5.94. The van der Waals surface area contributed by atoms with Gasteiger partial charge in [0, 0.05) is 5.69 Å². The van der Waals surface area contributed by atoms with E-state index in [4.69, 9.17) is 21.5 Å². The third-order valence-corrected chi connectivity index (χ3v) is 4.57. The van der Waals surface area contributed by atoms with Crippen molar-refractivity contribution in [2.24, 2.45) is 11.1 Å². The van der Waals surface area contributed by atoms with E-state index in [0.29, 0.717) is 12.1 Å². The Labute approximate surface area is 171 Å². The number of rotatable bonds is 5. The number of hydrogen-bond acceptors (Lipinski definition) is 5. The molecule has 6 nitrogen and oxygen atoms in total. The molecular weight excluding hydrogens is 362 g/mol. The average Bonchev–Trinajstić information content (AvgIpc) is 2.67. The minimum atomic E-state index is -0.852. The molecule has 0 radical (unpaired) electrons. The summed E-state index contributed by atoms with van der Waals surface area (Å²) in [7, 11) is 0. The molecule has 0 bridgehead atoms. The summed E-state index contributed by atoms with van der Waals surface area (Å²) in [6.07, 6.45) is 7.38. The molecule has 0 aromatic heterocycles. The van der Waals surface area contributed by atoms with Crippen LogP contribution in [0.2, 0.25) is 0 Å². The highest BCUT2D eigenvalue weighted by atomic mass is 16.2. The van der Waals surface area contributed by atoms with Crippen LogP contribution in [0.5, 0.6) is 0 Å². The molecule has 0 saturated heterocycles. The maximum atomic E-state index is 11.9. The average molecular weight is 385 g/mol. The molecule has 1 aliphatic rings. The van der Waals surface area contributed by atoms with Gasteiger partial charge in [-0.15, -0.1) is 0 Å². The monoisotopic (exact) mass is 385 g/mol. The van der Waals surface area contributed by atoms with Gasteiger partial charge in [-0.2, -0.15) is 15.8 Å². The molecule has 0 heterocycles. The molecule has 2 rings (SSSR count). The largest absolute Gasteiger partial charge is 0.325 e. The van der Waals surface area contributed by atoms with E-state index in [9.17, 15) is 4.79 Å². The first-order valence-corrected chi connectivity index (χ1v) is 9.23. The number of nitrogens with two attached hydrogens (primary N) is 1. The summed E-state index contributed by atoms with van der Waals surface area (Å²) >= 11 is 0. The highest BCUT2D eigenvalue weighted by Gasteiger charge is 2.26. The Morgan fingerprint density at radius 2 is 1.83 bits per heavy atom. The fourth-order valence-corrected chi connectivity index (χ4v) is 3.20. The van der Waals surface area contributed by atoms with Gasteiger partial charge in [0.1, 0.15) is 17.7 Å². The first kappa shape index (κ1) is 21.6. The SMILES string of the molecule is CC1(C)CC(/C=C/c2ccc(NC(=O)C(N)CC#N)cc2)=CC(=C(C#N)C#N)C1. The van der Waals surface area contributed by atoms with Gasteiger partial charge in [0.25, 0.3) is 0 Å². The lowest BCUT2D eigenvalue weighted by atomic mass is 9.74. The number of nitriles is 3. The Balaban J connectivity index is 2.14. The van der Waals surface area contributed by atoms with Crippen molar-refractivity contribution < 1.29 is 4.79 Å². The maximum Gasteiger partial charge on any atom is 0.242 e. The zero-order chi connectivity index (χ0) is 21.4. The number of benzene rings is 1. The van der Waals surface area contributed by atoms with Gasteiger partial charge < -0.3 is 11.1 Å². The number of allylic oxidation sites excluding steroid dienone is 5. The van der Waals surface area contributed by atoms with Crippen molar-refractivity contribution in [3.63, 3.8) is 0 Å². The summed E-state index contributed by atoms with van der Waals surface area (Å²) in [4.78, 5) is 11.9. The Bertz CT molecular complexity index is 976. The maximum absolute atomic E-state index is 11.9. The van der Waals surface area contributed by atoms with Crippen molar-refractivity contribution in [2.75, 3.05) is 5.32 Å². The van der Waals surface area contributed by atoms with E-state index in [1.165, 1.54) is 0 Å². The van der Waals surface area contributed by atoms with Crippen LogP contribution < -0.4 is 11.1 Å². The van der Waals surface area contributed by atoms with Crippen LogP contribution in [-0.2, 0) is 4.79 Å². The van der Waals surface area contributed by atoms with Crippen LogP contribution in [0.4, 0.5) is 5.69 Å². The first-order valence-electron chi connectivity index (χ1n) is 9.23. The van der Waals surface area contributed by atoms with Crippen molar-refractivity contribution >= 4 is 17.7 Å². The van der Waals surface area contributed by atoms with Gasteiger partial charge in [-0.25, -0.2) is 0 Å². The quantitative estimate of drug-likeness (QED) is 0.742. The molecule has 1 aromatic rings. The fraction of sp³-hybridized carbons (Fsp3) is 0.304. The lowest BCUT2D eigenvalue weighted by Crippen LogP contribution is -2.35. The molecule has 1 aromatic carbocycles. The summed E-state index contributed by atoms with van der Waals surface area (Å²) in [5, 5.41) is 29.6. The van der Waals surface area contributed by atoms with E-state index < -0.39 is 11.9 Å². The second-order valence-corrected chi connectivity index (χ2v) is 7.77. The number of nitrogens with zero attached hydrogens (tertiary/aromatic N) is 3. The molecular formula is C23H23N5O. The Kier molecular flexibility index (Phi) is 7.10. The van der Waals surface area contributed by atoms with E-state index in [2.05, 4.69) is 19.2 Å². The second-order valence-electron chi connectivity index (χ2n) is 7.77. The van der Waals surface area contributed by atoms with Crippen molar-refractivity contribution in [3.8, 4) is 18.2 Å². The molecule has 29 heavy (non-hydrogen) atoms. The minimum Gasteiger partial charge on any atom is -0.325 e. The molecule has 1 atom stereocenters. The van der Waals surface area contributed by atoms with Crippen molar-refractivity contribution in [3.05, 3.63) is 58.7 Å². The highest BCUT2D eigenvalue weighted by Crippen LogP contribution is 2.39. The molecule has 0 aliphatic heterocycles. The van der Waals surface area contributed by atoms with Gasteiger partial charge in [-0.05, 0) is 47.1 Å². The lowest BCUT2D eigenvalue weighted by molar-refractivity contribution is -0.117. The normalized spacial score (nSPS) is 16.1. The number of anilines is 1. The molecule has 1 amide bonds. The van der Waals surface area contributed by atoms with Crippen LogP contribution in [0, 0.1) is 39.4 Å². The van der Waals surface area contributed by atoms with Gasteiger partial charge in [-0.1, -0.05) is 44.2 Å². The Hall–Kier alpha value is -3.66. The van der Waals surface area contributed by atoms with Crippen molar-refractivity contribution in [1.82, 2.24) is 0 Å². The van der Waals surface area contributed by atoms with Gasteiger partial charge in [-0.3, -0.25) is 4.79 Å². The number of carbonyl (C=O) groups is 1. The predicted octanol–water partition coefficient (Wildman–Crippen LogP) is 3.97. The molecule has 1 unspecified atom stereocenters. The molecule has 0 saturated carbocycles. The standard InChI is InChI=1S/C23H23N5O/c1-23(2)12-17(11-18(13-23)19(14-25)15-26)4-3-16-5-7-20(8-6-16)28-22(29)21(27)9-10-24/h3-8,11,21H,9,12-13,27H2,1-2H3,(H,28,29)/b4-3+. The summed E-state index contributed by atoms with van der Waals surface area (Å²) in [5.74, 6) is -0.394. The molecule has 6 heteroatoms. The third kappa shape index (κ3) is 6.18. The van der Waals surface area contributed by atoms with E-state index in [0.717, 1.165) is 23.1 Å². The van der Waals surface area contributed by atoms with Gasteiger partial charge >= 0.3 is 0 Å². The van der Waals surface area contributed by atoms with Crippen LogP contribution in [0.25, 0.3) is 6.08 Å². The first-order chi connectivity index (χ1) is 13.8. The smallest absolute Gasteiger partial charge is 0.242 e. The van der Waals surface area contributed by atoms with E-state index in [1.807, 2.05) is 48.6 Å². The number of nitrogens with one attached hydrogen (secondary N) is 1. The van der Waals surface area contributed by atoms with Crippen LogP contribution in [-0.4, -0.2) is 11.9 Å². The summed E-state index contributed by atoms with van der Waals surface area (Å²) in [6, 6.07) is 12.2. The number of carbonyl (C=O) groups excluding carboxylic acids is 1. The van der Waals surface area contributed by atoms with Gasteiger partial charge in [0.05, 0.1) is 18.5 Å². The zero-order valence-electron chi connectivity index (χ0n) is 16.6. The van der Waals surface area contributed by atoms with Gasteiger partial charge in [0.15, 0.2) is 0 Å². The Morgan fingerprint density at radius 3 is 2.41 bits per heavy atom. The number of amides is 1. The van der Waals surface area contributed by atoms with Gasteiger partial charge in [0.2, 0.25) is 5.91 Å². The molecule has 3 N–H and O–H groups in total. The van der Waals surface area contributed by atoms with Crippen molar-refractivity contribution in [1.29, 1.82) is 15.8 Å². The minimum absolute atomic E-state index is 0.0287. The van der Waals surface area contributed by atoms with E-state index >= 15 is 0 Å². The fourth-order valence-electron chi connectivity index (χ4n) is 3.20. The molecule has 0 spiro atoms. The van der Waals surface area contributed by atoms with E-state index in [-0.39, 0.29) is 17.4 Å². The van der Waals surface area contributed by atoms with Crippen LogP contribution in [0.15, 0.2) is 53.1 Å². The lowest BCUT2D eigenvalue weighted by Gasteiger charge is -2.30. The molecule has 146 valence electrons. The predicted molar refractivity (Wildman–Crippen MR) is 112 cm³/mol. The Morgan fingerprint density at radius 1 is 1.17 bits per heavy atom. The molecule has 1 aliphatic carbocycles. The molecule has 0 fully saturated rings. The number of hydrogen-bond donors (Lipinski definition) is 2. The topological polar surface area (TPSA) is 126 Å². The van der Waals surface area contributed by atoms with Crippen molar-refractivity contribution in [2.45, 2.75) is 39.2 Å². The third-order valence-electron chi connectivity index (χ3n) is 4.57. The van der Waals surface area contributed by atoms with E-state index in [1.54, 1.807) is 12.1 Å².